The van der Waals surface area contributed by atoms with Gasteiger partial charge in [0.05, 0.1) is 0 Å². The number of nitrogens with zero attached hydrogens (tertiary/aromatic N) is 4. The van der Waals surface area contributed by atoms with Gasteiger partial charge in [0.2, 0.25) is 10.8 Å². The first kappa shape index (κ1) is 15.5. The van der Waals surface area contributed by atoms with E-state index in [-0.39, 0.29) is 6.04 Å². The monoisotopic (exact) mass is 334 g/mol. The number of quaternary nitrogens is 1. The van der Waals surface area contributed by atoms with Crippen LogP contribution < -0.4 is 5.73 Å². The third kappa shape index (κ3) is 3.16. The number of thioether (sulfide) groups is 1. The average Bonchev–Trinajstić information content (AvgIpc) is 3.04. The molecule has 1 atom stereocenters. The zero-order chi connectivity index (χ0) is 15.7. The van der Waals surface area contributed by atoms with E-state index in [1.54, 1.807) is 23.1 Å². The number of hydrogen-bond donors (Lipinski definition) is 1. The molecule has 0 spiro atoms. The van der Waals surface area contributed by atoms with Gasteiger partial charge in [-0.05, 0) is 12.5 Å². The Balaban J connectivity index is 1.78. The first-order valence-electron chi connectivity index (χ1n) is 7.28. The smallest absolute Gasteiger partial charge is 0.235 e. The summed E-state index contributed by atoms with van der Waals surface area (Å²) < 4.78 is 2.87. The van der Waals surface area contributed by atoms with Crippen molar-refractivity contribution >= 4 is 28.1 Å². The molecule has 0 saturated carbocycles. The topological polar surface area (TPSA) is 70.7 Å². The molecule has 0 saturated heterocycles. The lowest BCUT2D eigenvalue weighted by Gasteiger charge is -2.08. The molecule has 0 unspecified atom stereocenters. The zero-order valence-electron chi connectivity index (χ0n) is 13.0. The molecule has 22 heavy (non-hydrogen) atoms. The molecule has 7 heteroatoms. The highest BCUT2D eigenvalue weighted by atomic mass is 32.2. The molecule has 2 heterocycles. The Labute approximate surface area is 137 Å². The molecule has 0 fully saturated rings. The Morgan fingerprint density at radius 1 is 1.32 bits per heavy atom. The van der Waals surface area contributed by atoms with Crippen molar-refractivity contribution in [1.29, 1.82) is 0 Å². The van der Waals surface area contributed by atoms with Crippen molar-refractivity contribution < 1.29 is 5.73 Å². The number of aryl methyl sites for hydroxylation is 1. The summed E-state index contributed by atoms with van der Waals surface area (Å²) in [5.41, 5.74) is 6.78. The summed E-state index contributed by atoms with van der Waals surface area (Å²) in [5.74, 6) is 2.18. The Bertz CT molecular complexity index is 777. The molecule has 2 aromatic heterocycles. The molecule has 3 rings (SSSR count). The van der Waals surface area contributed by atoms with Crippen LogP contribution in [0.4, 0.5) is 0 Å². The van der Waals surface area contributed by atoms with Crippen molar-refractivity contribution in [3.8, 4) is 0 Å². The maximum Gasteiger partial charge on any atom is 0.235 e. The summed E-state index contributed by atoms with van der Waals surface area (Å²) >= 11 is 3.32. The van der Waals surface area contributed by atoms with E-state index in [0.717, 1.165) is 20.9 Å². The SMILES string of the molecule is Cc1cccc(CSc2nn3c([C@@H]([NH3+])C(C)C)nnc3s2)c1. The molecule has 0 aliphatic carbocycles. The quantitative estimate of drug-likeness (QED) is 0.728. The lowest BCUT2D eigenvalue weighted by atomic mass is 10.1. The van der Waals surface area contributed by atoms with Gasteiger partial charge in [-0.1, -0.05) is 66.8 Å². The minimum atomic E-state index is 0.103. The predicted molar refractivity (Wildman–Crippen MR) is 89.9 cm³/mol. The van der Waals surface area contributed by atoms with Gasteiger partial charge in [-0.25, -0.2) is 0 Å². The highest BCUT2D eigenvalue weighted by Gasteiger charge is 2.23. The molecule has 0 aliphatic rings. The molecular formula is C15H20N5S2+. The van der Waals surface area contributed by atoms with Crippen LogP contribution in [0.1, 0.15) is 36.8 Å². The maximum atomic E-state index is 4.65. The van der Waals surface area contributed by atoms with Crippen LogP contribution in [0.25, 0.3) is 4.96 Å². The Hall–Kier alpha value is -1.44. The third-order valence-electron chi connectivity index (χ3n) is 3.58. The van der Waals surface area contributed by atoms with E-state index in [4.69, 9.17) is 0 Å². The molecule has 3 N–H and O–H groups in total. The largest absolute Gasteiger partial charge is 0.348 e. The van der Waals surface area contributed by atoms with Crippen molar-refractivity contribution in [3.63, 3.8) is 0 Å². The van der Waals surface area contributed by atoms with Gasteiger partial charge in [-0.3, -0.25) is 0 Å². The highest BCUT2D eigenvalue weighted by molar-refractivity contribution is 8.00. The minimum absolute atomic E-state index is 0.103. The number of rotatable bonds is 5. The second-order valence-corrected chi connectivity index (χ2v) is 7.93. The lowest BCUT2D eigenvalue weighted by Crippen LogP contribution is -2.56. The van der Waals surface area contributed by atoms with Crippen LogP contribution in [0.15, 0.2) is 28.6 Å². The fraction of sp³-hybridized carbons (Fsp3) is 0.400. The van der Waals surface area contributed by atoms with Crippen molar-refractivity contribution in [3.05, 3.63) is 41.2 Å². The van der Waals surface area contributed by atoms with Crippen LogP contribution in [-0.2, 0) is 5.75 Å². The van der Waals surface area contributed by atoms with E-state index in [1.807, 2.05) is 4.52 Å². The van der Waals surface area contributed by atoms with E-state index < -0.39 is 0 Å². The van der Waals surface area contributed by atoms with Crippen LogP contribution in [-0.4, -0.2) is 19.8 Å². The van der Waals surface area contributed by atoms with Crippen molar-refractivity contribution in [2.45, 2.75) is 36.9 Å². The summed E-state index contributed by atoms with van der Waals surface area (Å²) in [7, 11) is 0. The summed E-state index contributed by atoms with van der Waals surface area (Å²) in [5, 5.41) is 13.1. The molecule has 0 bridgehead atoms. The molecule has 116 valence electrons. The van der Waals surface area contributed by atoms with E-state index in [9.17, 15) is 0 Å². The summed E-state index contributed by atoms with van der Waals surface area (Å²) in [6, 6.07) is 8.67. The summed E-state index contributed by atoms with van der Waals surface area (Å²) in [4.78, 5) is 0.844. The minimum Gasteiger partial charge on any atom is -0.348 e. The summed E-state index contributed by atoms with van der Waals surface area (Å²) in [6.45, 7) is 6.39. The van der Waals surface area contributed by atoms with Gasteiger partial charge in [-0.15, -0.1) is 15.3 Å². The Morgan fingerprint density at radius 3 is 2.86 bits per heavy atom. The standard InChI is InChI=1S/C15H19N5S2/c1-9(2)12(16)13-17-18-14-20(13)19-15(22-14)21-8-11-6-4-5-10(3)7-11/h4-7,9,12H,8,16H2,1-3H3/p+1/t12-/m0/s1. The van der Waals surface area contributed by atoms with Crippen LogP contribution in [0.3, 0.4) is 0 Å². The van der Waals surface area contributed by atoms with Gasteiger partial charge >= 0.3 is 0 Å². The van der Waals surface area contributed by atoms with Crippen molar-refractivity contribution in [2.75, 3.05) is 0 Å². The lowest BCUT2D eigenvalue weighted by molar-refractivity contribution is -0.440. The fourth-order valence-corrected chi connectivity index (χ4v) is 3.98. The number of fused-ring (bicyclic) bond motifs is 1. The van der Waals surface area contributed by atoms with Crippen LogP contribution >= 0.6 is 23.1 Å². The number of benzene rings is 1. The van der Waals surface area contributed by atoms with Crippen LogP contribution in [0.2, 0.25) is 0 Å². The average molecular weight is 334 g/mol. The van der Waals surface area contributed by atoms with E-state index in [1.165, 1.54) is 11.1 Å². The van der Waals surface area contributed by atoms with Gasteiger partial charge in [0, 0.05) is 11.7 Å². The predicted octanol–water partition coefficient (Wildman–Crippen LogP) is 2.73. The van der Waals surface area contributed by atoms with Gasteiger partial charge in [0.25, 0.3) is 0 Å². The molecule has 1 aromatic carbocycles. The van der Waals surface area contributed by atoms with Crippen LogP contribution in [0.5, 0.6) is 0 Å². The second-order valence-electron chi connectivity index (χ2n) is 5.75. The van der Waals surface area contributed by atoms with Gasteiger partial charge in [-0.2, -0.15) is 4.52 Å². The van der Waals surface area contributed by atoms with E-state index in [2.05, 4.69) is 66.1 Å². The van der Waals surface area contributed by atoms with Gasteiger partial charge in [0.15, 0.2) is 4.34 Å². The van der Waals surface area contributed by atoms with Gasteiger partial charge in [0.1, 0.15) is 6.04 Å². The molecule has 0 amide bonds. The zero-order valence-corrected chi connectivity index (χ0v) is 14.6. The van der Waals surface area contributed by atoms with Gasteiger partial charge < -0.3 is 5.73 Å². The van der Waals surface area contributed by atoms with E-state index in [0.29, 0.717) is 5.92 Å². The third-order valence-corrected chi connectivity index (χ3v) is 5.68. The molecular weight excluding hydrogens is 314 g/mol. The highest BCUT2D eigenvalue weighted by Crippen LogP contribution is 2.29. The van der Waals surface area contributed by atoms with Crippen molar-refractivity contribution in [2.24, 2.45) is 5.92 Å². The Morgan fingerprint density at radius 2 is 2.14 bits per heavy atom. The first-order chi connectivity index (χ1) is 10.5. The molecule has 0 aliphatic heterocycles. The Kier molecular flexibility index (Phi) is 4.46. The first-order valence-corrected chi connectivity index (χ1v) is 9.08. The molecule has 5 nitrogen and oxygen atoms in total. The number of aromatic nitrogens is 4. The molecule has 0 radical (unpaired) electrons. The second kappa shape index (κ2) is 6.36. The number of hydrogen-bond acceptors (Lipinski definition) is 5. The van der Waals surface area contributed by atoms with Crippen molar-refractivity contribution in [1.82, 2.24) is 19.8 Å². The fourth-order valence-electron chi connectivity index (χ4n) is 2.15. The van der Waals surface area contributed by atoms with Crippen LogP contribution in [0, 0.1) is 12.8 Å². The maximum absolute atomic E-state index is 4.65. The normalized spacial score (nSPS) is 13.1. The summed E-state index contributed by atoms with van der Waals surface area (Å²) in [6.07, 6.45) is 0. The van der Waals surface area contributed by atoms with E-state index >= 15 is 0 Å². The molecule has 3 aromatic rings.